The number of aromatic hydroxyl groups is 1. The molecule has 3 aliphatic carbocycles. The van der Waals surface area contributed by atoms with Crippen molar-refractivity contribution in [2.24, 2.45) is 33.9 Å². The summed E-state index contributed by atoms with van der Waals surface area (Å²) in [7, 11) is 3.61. The van der Waals surface area contributed by atoms with E-state index < -0.39 is 59.4 Å². The minimum atomic E-state index is -1.92. The van der Waals surface area contributed by atoms with Gasteiger partial charge in [0.15, 0.2) is 23.7 Å². The van der Waals surface area contributed by atoms with Crippen LogP contribution in [0.5, 0.6) is 11.5 Å². The predicted octanol–water partition coefficient (Wildman–Crippen LogP) is 3.56. The van der Waals surface area contributed by atoms with Gasteiger partial charge in [-0.3, -0.25) is 4.79 Å². The molecule has 1 aromatic rings. The number of guanidine groups is 1. The summed E-state index contributed by atoms with van der Waals surface area (Å²) in [4.78, 5) is 18.1. The summed E-state index contributed by atoms with van der Waals surface area (Å²) < 4.78 is 12.8. The van der Waals surface area contributed by atoms with E-state index >= 15 is 0 Å². The number of aliphatic hydroxyl groups is 4. The number of ether oxygens (including phenoxy) is 2. The summed E-state index contributed by atoms with van der Waals surface area (Å²) in [6.07, 6.45) is 8.02. The molecule has 61 heavy (non-hydrogen) atoms. The second-order valence-corrected chi connectivity index (χ2v) is 21.3. The van der Waals surface area contributed by atoms with Crippen molar-refractivity contribution in [2.75, 3.05) is 25.4 Å². The van der Waals surface area contributed by atoms with Crippen LogP contribution in [0, 0.1) is 46.9 Å². The fraction of sp³-hybridized carbons (Fsp3) is 0.696. The van der Waals surface area contributed by atoms with Crippen LogP contribution in [-0.4, -0.2) is 110 Å². The van der Waals surface area contributed by atoms with Gasteiger partial charge in [0, 0.05) is 73.0 Å². The number of carbonyl (C=O) groups is 1. The molecular formula is C46H63N5O8S2. The Bertz CT molecular complexity index is 1960. The zero-order valence-corrected chi connectivity index (χ0v) is 36.7. The number of benzene rings is 1. The molecule has 4 heterocycles. The number of hydrogen-bond acceptors (Lipinski definition) is 15. The van der Waals surface area contributed by atoms with Crippen molar-refractivity contribution in [1.82, 2.24) is 16.0 Å². The van der Waals surface area contributed by atoms with Gasteiger partial charge in [-0.25, -0.2) is 4.99 Å². The van der Waals surface area contributed by atoms with Gasteiger partial charge in [-0.2, -0.15) is 0 Å². The second kappa shape index (κ2) is 18.9. The summed E-state index contributed by atoms with van der Waals surface area (Å²) in [5, 5.41) is 68.1. The van der Waals surface area contributed by atoms with Gasteiger partial charge in [-0.05, 0) is 82.0 Å². The number of aliphatic imine (C=N–C) groups is 1. The van der Waals surface area contributed by atoms with Crippen LogP contribution in [0.25, 0.3) is 0 Å². The number of phenols is 1. The third kappa shape index (κ3) is 10.2. The minimum Gasteiger partial charge on any atom is -0.504 e. The number of nitrogens with two attached hydrogens (primary N) is 1. The molecule has 332 valence electrons. The van der Waals surface area contributed by atoms with Crippen LogP contribution in [0.3, 0.4) is 0 Å². The molecule has 0 aromatic heterocycles. The first-order valence-corrected chi connectivity index (χ1v) is 24.7. The van der Waals surface area contributed by atoms with E-state index in [0.717, 1.165) is 31.4 Å². The van der Waals surface area contributed by atoms with Crippen molar-refractivity contribution in [2.45, 2.75) is 150 Å². The number of esters is 1. The van der Waals surface area contributed by atoms with Crippen LogP contribution in [-0.2, 0) is 16.0 Å². The van der Waals surface area contributed by atoms with Crippen molar-refractivity contribution in [3.05, 3.63) is 35.4 Å². The number of phenolic OH excluding ortho intramolecular Hbond substituents is 1. The molecule has 2 fully saturated rings. The maximum absolute atomic E-state index is 13.0. The standard InChI is InChI=1S/C46H63N5O8S2/c1-28(52)58-38-21-32(53)11-16-46-15-10-30-18-29-8-9-34(61-60-27-44(13-3-2-4-14-44)51-43(47)50-40(46)6-5-7-41(46)55)25-48-26-45(23-29)24-33(12-17-49-45)59-39-20-31(19-35(30)38)36(42(56)57)22-37(39)54/h5-6,20,22,29-30,32-35,38,40-42,48-49,53-57H,2-4,7,11-14,16-19,21,23-27H2,1H3,(H3,47,50,51). The number of nitrogens with zero attached hydrogens (tertiary/aromatic N) is 1. The summed E-state index contributed by atoms with van der Waals surface area (Å²) >= 11 is 0. The van der Waals surface area contributed by atoms with Crippen LogP contribution in [0.4, 0.5) is 0 Å². The van der Waals surface area contributed by atoms with Gasteiger partial charge in [-0.15, -0.1) is 0 Å². The average Bonchev–Trinajstić information content (AvgIpc) is 3.28. The normalized spacial score (nSPS) is 37.5. The molecule has 1 aromatic carbocycles. The molecule has 7 aliphatic rings. The van der Waals surface area contributed by atoms with E-state index in [1.165, 1.54) is 19.4 Å². The summed E-state index contributed by atoms with van der Waals surface area (Å²) in [5.74, 6) is 14.2. The minimum absolute atomic E-state index is 0.0221. The second-order valence-electron chi connectivity index (χ2n) is 18.7. The van der Waals surface area contributed by atoms with Crippen molar-refractivity contribution < 1.29 is 39.8 Å². The maximum atomic E-state index is 13.0. The van der Waals surface area contributed by atoms with Crippen LogP contribution in [0.15, 0.2) is 29.3 Å². The van der Waals surface area contributed by atoms with Crippen molar-refractivity contribution in [3.8, 4) is 35.2 Å². The molecule has 8 bridgehead atoms. The van der Waals surface area contributed by atoms with Crippen LogP contribution < -0.4 is 26.4 Å². The lowest BCUT2D eigenvalue weighted by atomic mass is 9.66. The third-order valence-corrected chi connectivity index (χ3v) is 17.0. The molecule has 13 nitrogen and oxygen atoms in total. The first kappa shape index (κ1) is 44.5. The first-order chi connectivity index (χ1) is 29.3. The Labute approximate surface area is 367 Å². The van der Waals surface area contributed by atoms with Crippen molar-refractivity contribution in [1.29, 1.82) is 0 Å². The van der Waals surface area contributed by atoms with E-state index in [9.17, 15) is 30.3 Å². The van der Waals surface area contributed by atoms with Gasteiger partial charge in [-0.1, -0.05) is 76.7 Å². The third-order valence-electron chi connectivity index (χ3n) is 14.2. The van der Waals surface area contributed by atoms with E-state index in [0.29, 0.717) is 69.7 Å². The molecule has 11 unspecified atom stereocenters. The van der Waals surface area contributed by atoms with E-state index in [-0.39, 0.29) is 59.1 Å². The highest BCUT2D eigenvalue weighted by molar-refractivity contribution is 8.77. The highest BCUT2D eigenvalue weighted by Gasteiger charge is 2.48. The number of hydrogen-bond donors (Lipinski definition) is 9. The monoisotopic (exact) mass is 877 g/mol. The van der Waals surface area contributed by atoms with E-state index in [1.807, 2.05) is 22.9 Å². The molecule has 4 aliphatic heterocycles. The van der Waals surface area contributed by atoms with Crippen molar-refractivity contribution in [3.63, 3.8) is 0 Å². The Morgan fingerprint density at radius 2 is 1.90 bits per heavy atom. The summed E-state index contributed by atoms with van der Waals surface area (Å²) in [6, 6.07) is 2.40. The first-order valence-electron chi connectivity index (χ1n) is 22.3. The Morgan fingerprint density at radius 3 is 2.70 bits per heavy atom. The van der Waals surface area contributed by atoms with Gasteiger partial charge in [0.1, 0.15) is 12.2 Å². The maximum Gasteiger partial charge on any atom is 0.302 e. The Morgan fingerprint density at radius 1 is 1.07 bits per heavy atom. The van der Waals surface area contributed by atoms with Gasteiger partial charge in [0.05, 0.1) is 28.9 Å². The van der Waals surface area contributed by atoms with Crippen molar-refractivity contribution >= 4 is 33.5 Å². The largest absolute Gasteiger partial charge is 0.504 e. The van der Waals surface area contributed by atoms with E-state index in [2.05, 4.69) is 39.6 Å². The number of fused-ring (bicyclic) bond motifs is 4. The molecule has 1 saturated heterocycles. The Hall–Kier alpha value is -3.12. The molecule has 1 saturated carbocycles. The number of nitrogens with one attached hydrogen (secondary N) is 3. The highest BCUT2D eigenvalue weighted by atomic mass is 33.1. The lowest BCUT2D eigenvalue weighted by molar-refractivity contribution is -0.152. The molecule has 11 atom stereocenters. The SMILES string of the molecule is CC(=O)OC1CC(O)CCC23C#CC4CC5C#CC(CNCC6(C5)CC(CCN6)Oc5cc(c(C(O)O)cc5O)CC41)SSCC1(CCCCC1)NC(N)=NC2C=CCC3O. The molecule has 15 heteroatoms. The van der Waals surface area contributed by atoms with Gasteiger partial charge < -0.3 is 56.7 Å². The predicted molar refractivity (Wildman–Crippen MR) is 237 cm³/mol. The molecule has 0 radical (unpaired) electrons. The summed E-state index contributed by atoms with van der Waals surface area (Å²) in [6.45, 7) is 3.38. The zero-order valence-electron chi connectivity index (χ0n) is 35.1. The fourth-order valence-electron chi connectivity index (χ4n) is 11.1. The Balaban J connectivity index is 1.35. The molecule has 3 spiro atoms. The lowest BCUT2D eigenvalue weighted by Crippen LogP contribution is -2.59. The van der Waals surface area contributed by atoms with E-state index in [1.54, 1.807) is 16.9 Å². The lowest BCUT2D eigenvalue weighted by Gasteiger charge is -2.44. The number of rotatable bonds is 2. The van der Waals surface area contributed by atoms with Crippen LogP contribution in [0.1, 0.15) is 108 Å². The molecule has 10 N–H and O–H groups in total. The quantitative estimate of drug-likeness (QED) is 0.0685. The van der Waals surface area contributed by atoms with Crippen LogP contribution >= 0.6 is 21.6 Å². The van der Waals surface area contributed by atoms with Gasteiger partial charge >= 0.3 is 5.97 Å². The smallest absolute Gasteiger partial charge is 0.302 e. The van der Waals surface area contributed by atoms with Gasteiger partial charge in [0.2, 0.25) is 0 Å². The highest BCUT2D eigenvalue weighted by Crippen LogP contribution is 2.45. The number of piperidine rings is 1. The Kier molecular flexibility index (Phi) is 13.8. The number of carbonyl (C=O) groups excluding carboxylic acids is 1. The van der Waals surface area contributed by atoms with E-state index in [4.69, 9.17) is 20.2 Å². The summed E-state index contributed by atoms with van der Waals surface area (Å²) in [5.41, 5.74) is 5.69. The topological polar surface area (TPSA) is 211 Å². The van der Waals surface area contributed by atoms with Gasteiger partial charge in [0.25, 0.3) is 0 Å². The number of aliphatic hydroxyl groups excluding tert-OH is 3. The zero-order chi connectivity index (χ0) is 42.8. The molecule has 0 amide bonds. The van der Waals surface area contributed by atoms with Crippen LogP contribution in [0.2, 0.25) is 0 Å². The average molecular weight is 878 g/mol. The molecular weight excluding hydrogens is 815 g/mol. The fourth-order valence-corrected chi connectivity index (χ4v) is 14.0. The molecule has 8 rings (SSSR count).